The van der Waals surface area contributed by atoms with Crippen LogP contribution in [0.2, 0.25) is 0 Å². The SMILES string of the molecule is Cn1c(=NC(=O)c2ccc(Cc3ccccc3)cc2)sc2c3ccccc3ccc21. The maximum Gasteiger partial charge on any atom is 0.279 e. The van der Waals surface area contributed by atoms with Crippen molar-refractivity contribution >= 4 is 38.2 Å². The number of hydrogen-bond donors (Lipinski definition) is 0. The van der Waals surface area contributed by atoms with E-state index in [1.165, 1.54) is 21.9 Å². The minimum absolute atomic E-state index is 0.215. The average molecular weight is 409 g/mol. The zero-order chi connectivity index (χ0) is 20.5. The smallest absolute Gasteiger partial charge is 0.279 e. The molecule has 1 aromatic heterocycles. The van der Waals surface area contributed by atoms with E-state index in [9.17, 15) is 4.79 Å². The van der Waals surface area contributed by atoms with Gasteiger partial charge in [0.25, 0.3) is 5.91 Å². The fourth-order valence-electron chi connectivity index (χ4n) is 3.71. The fraction of sp³-hybridized carbons (Fsp3) is 0.0769. The van der Waals surface area contributed by atoms with Gasteiger partial charge in [-0.3, -0.25) is 4.79 Å². The van der Waals surface area contributed by atoms with Crippen LogP contribution >= 0.6 is 11.3 Å². The van der Waals surface area contributed by atoms with E-state index in [0.717, 1.165) is 16.6 Å². The van der Waals surface area contributed by atoms with E-state index in [2.05, 4.69) is 41.4 Å². The number of nitrogens with zero attached hydrogens (tertiary/aromatic N) is 2. The highest BCUT2D eigenvalue weighted by Gasteiger charge is 2.09. The van der Waals surface area contributed by atoms with Crippen LogP contribution in [0.1, 0.15) is 21.5 Å². The highest BCUT2D eigenvalue weighted by Crippen LogP contribution is 2.27. The number of aromatic nitrogens is 1. The molecular formula is C26H20N2OS. The van der Waals surface area contributed by atoms with E-state index in [0.29, 0.717) is 10.4 Å². The zero-order valence-electron chi connectivity index (χ0n) is 16.6. The summed E-state index contributed by atoms with van der Waals surface area (Å²) >= 11 is 1.56. The number of rotatable bonds is 3. The highest BCUT2D eigenvalue weighted by atomic mass is 32.1. The zero-order valence-corrected chi connectivity index (χ0v) is 17.4. The quantitative estimate of drug-likeness (QED) is 0.376. The van der Waals surface area contributed by atoms with Gasteiger partial charge >= 0.3 is 0 Å². The molecule has 0 aliphatic rings. The lowest BCUT2D eigenvalue weighted by Gasteiger charge is -2.02. The molecule has 30 heavy (non-hydrogen) atoms. The minimum atomic E-state index is -0.215. The second-order valence-electron chi connectivity index (χ2n) is 7.35. The van der Waals surface area contributed by atoms with Crippen LogP contribution in [-0.4, -0.2) is 10.5 Å². The molecule has 0 unspecified atom stereocenters. The van der Waals surface area contributed by atoms with Crippen molar-refractivity contribution < 1.29 is 4.79 Å². The van der Waals surface area contributed by atoms with Crippen LogP contribution in [0, 0.1) is 0 Å². The van der Waals surface area contributed by atoms with Gasteiger partial charge in [-0.1, -0.05) is 84.1 Å². The third-order valence-electron chi connectivity index (χ3n) is 5.35. The van der Waals surface area contributed by atoms with Crippen molar-refractivity contribution in [2.45, 2.75) is 6.42 Å². The van der Waals surface area contributed by atoms with Crippen molar-refractivity contribution in [2.75, 3.05) is 0 Å². The van der Waals surface area contributed by atoms with Crippen LogP contribution in [0.25, 0.3) is 21.0 Å². The second kappa shape index (κ2) is 7.73. The Balaban J connectivity index is 1.47. The largest absolute Gasteiger partial charge is 0.319 e. The highest BCUT2D eigenvalue weighted by molar-refractivity contribution is 7.17. The van der Waals surface area contributed by atoms with Gasteiger partial charge < -0.3 is 4.57 Å². The number of carbonyl (C=O) groups is 1. The van der Waals surface area contributed by atoms with Gasteiger partial charge in [0.2, 0.25) is 0 Å². The molecule has 0 bridgehead atoms. The van der Waals surface area contributed by atoms with Gasteiger partial charge in [-0.2, -0.15) is 4.99 Å². The molecule has 146 valence electrons. The number of aryl methyl sites for hydroxylation is 1. The number of thiazole rings is 1. The molecule has 1 heterocycles. The maximum absolute atomic E-state index is 12.8. The molecule has 0 atom stereocenters. The van der Waals surface area contributed by atoms with Gasteiger partial charge in [0.1, 0.15) is 0 Å². The number of carbonyl (C=O) groups excluding carboxylic acids is 1. The molecule has 4 aromatic carbocycles. The van der Waals surface area contributed by atoms with Crippen molar-refractivity contribution in [1.82, 2.24) is 4.57 Å². The molecule has 0 fully saturated rings. The summed E-state index contributed by atoms with van der Waals surface area (Å²) in [5.74, 6) is -0.215. The molecule has 3 nitrogen and oxygen atoms in total. The van der Waals surface area contributed by atoms with Gasteiger partial charge in [-0.25, -0.2) is 0 Å². The lowest BCUT2D eigenvalue weighted by molar-refractivity contribution is 0.0998. The Bertz CT molecular complexity index is 1430. The molecule has 0 saturated carbocycles. The lowest BCUT2D eigenvalue weighted by atomic mass is 10.0. The van der Waals surface area contributed by atoms with Gasteiger partial charge in [-0.15, -0.1) is 0 Å². The third kappa shape index (κ3) is 3.46. The molecule has 0 aliphatic heterocycles. The molecule has 0 N–H and O–H groups in total. The Labute approximate surface area is 178 Å². The third-order valence-corrected chi connectivity index (χ3v) is 6.53. The van der Waals surface area contributed by atoms with Gasteiger partial charge in [0.05, 0.1) is 10.2 Å². The molecule has 0 radical (unpaired) electrons. The Kier molecular flexibility index (Phi) is 4.77. The van der Waals surface area contributed by atoms with Crippen LogP contribution in [-0.2, 0) is 13.5 Å². The van der Waals surface area contributed by atoms with Crippen molar-refractivity contribution in [3.63, 3.8) is 0 Å². The van der Waals surface area contributed by atoms with Gasteiger partial charge in [0, 0.05) is 18.0 Å². The summed E-state index contributed by atoms with van der Waals surface area (Å²) < 4.78 is 3.15. The molecule has 4 heteroatoms. The first-order chi connectivity index (χ1) is 14.7. The summed E-state index contributed by atoms with van der Waals surface area (Å²) in [6.07, 6.45) is 0.852. The van der Waals surface area contributed by atoms with Crippen LogP contribution in [0.4, 0.5) is 0 Å². The normalized spacial score (nSPS) is 12.0. The first kappa shape index (κ1) is 18.5. The van der Waals surface area contributed by atoms with Crippen molar-refractivity contribution in [1.29, 1.82) is 0 Å². The molecule has 5 aromatic rings. The van der Waals surface area contributed by atoms with E-state index in [1.807, 2.05) is 66.2 Å². The summed E-state index contributed by atoms with van der Waals surface area (Å²) in [5.41, 5.74) is 4.13. The van der Waals surface area contributed by atoms with Crippen molar-refractivity contribution in [3.8, 4) is 0 Å². The van der Waals surface area contributed by atoms with Crippen LogP contribution in [0.3, 0.4) is 0 Å². The Morgan fingerprint density at radius 2 is 1.53 bits per heavy atom. The van der Waals surface area contributed by atoms with E-state index in [4.69, 9.17) is 0 Å². The molecule has 5 rings (SSSR count). The number of fused-ring (bicyclic) bond motifs is 3. The van der Waals surface area contributed by atoms with Crippen LogP contribution in [0.15, 0.2) is 96.0 Å². The van der Waals surface area contributed by atoms with Crippen LogP contribution in [0.5, 0.6) is 0 Å². The predicted octanol–water partition coefficient (Wildman–Crippen LogP) is 5.72. The monoisotopic (exact) mass is 408 g/mol. The summed E-state index contributed by atoms with van der Waals surface area (Å²) in [5, 5.41) is 2.38. The summed E-state index contributed by atoms with van der Waals surface area (Å²) in [6, 6.07) is 30.6. The number of hydrogen-bond acceptors (Lipinski definition) is 2. The van der Waals surface area contributed by atoms with Gasteiger partial charge in [0.15, 0.2) is 4.80 Å². The van der Waals surface area contributed by atoms with E-state index in [-0.39, 0.29) is 5.91 Å². The van der Waals surface area contributed by atoms with Crippen molar-refractivity contribution in [2.24, 2.45) is 12.0 Å². The average Bonchev–Trinajstić information content (AvgIpc) is 3.11. The lowest BCUT2D eigenvalue weighted by Crippen LogP contribution is -2.13. The van der Waals surface area contributed by atoms with Gasteiger partial charge in [-0.05, 0) is 41.1 Å². The maximum atomic E-state index is 12.8. The Hall–Kier alpha value is -3.50. The Morgan fingerprint density at radius 1 is 0.833 bits per heavy atom. The molecule has 0 saturated heterocycles. The molecule has 0 aliphatic carbocycles. The summed E-state index contributed by atoms with van der Waals surface area (Å²) in [4.78, 5) is 17.9. The minimum Gasteiger partial charge on any atom is -0.319 e. The number of amides is 1. The topological polar surface area (TPSA) is 34.4 Å². The Morgan fingerprint density at radius 3 is 2.33 bits per heavy atom. The number of benzene rings is 4. The summed E-state index contributed by atoms with van der Waals surface area (Å²) in [6.45, 7) is 0. The fourth-order valence-corrected chi connectivity index (χ4v) is 4.86. The van der Waals surface area contributed by atoms with E-state index >= 15 is 0 Å². The van der Waals surface area contributed by atoms with E-state index in [1.54, 1.807) is 11.3 Å². The van der Waals surface area contributed by atoms with Crippen molar-refractivity contribution in [3.05, 3.63) is 112 Å². The predicted molar refractivity (Wildman–Crippen MR) is 124 cm³/mol. The first-order valence-corrected chi connectivity index (χ1v) is 10.7. The molecular weight excluding hydrogens is 388 g/mol. The molecule has 0 spiro atoms. The molecule has 1 amide bonds. The standard InChI is InChI=1S/C26H20N2OS/c1-28-23-16-15-20-9-5-6-10-22(20)24(23)30-26(28)27-25(29)21-13-11-19(12-14-21)17-18-7-3-2-4-8-18/h2-16H,17H2,1H3. The van der Waals surface area contributed by atoms with Crippen LogP contribution < -0.4 is 4.80 Å². The first-order valence-electron chi connectivity index (χ1n) is 9.88. The second-order valence-corrected chi connectivity index (χ2v) is 8.33. The summed E-state index contributed by atoms with van der Waals surface area (Å²) in [7, 11) is 1.96. The van der Waals surface area contributed by atoms with E-state index < -0.39 is 0 Å².